The van der Waals surface area contributed by atoms with Crippen molar-refractivity contribution in [1.29, 1.82) is 0 Å². The molecule has 0 unspecified atom stereocenters. The van der Waals surface area contributed by atoms with E-state index < -0.39 is 5.82 Å². The molecule has 1 saturated heterocycles. The minimum absolute atomic E-state index is 0.0523. The van der Waals surface area contributed by atoms with Gasteiger partial charge in [0.25, 0.3) is 11.1 Å². The van der Waals surface area contributed by atoms with Crippen LogP contribution in [0.5, 0.6) is 0 Å². The molecule has 1 heterocycles. The third-order valence-electron chi connectivity index (χ3n) is 3.31. The fourth-order valence-corrected chi connectivity index (χ4v) is 3.09. The fourth-order valence-electron chi connectivity index (χ4n) is 2.25. The summed E-state index contributed by atoms with van der Waals surface area (Å²) in [6.07, 6.45) is 1.63. The number of benzene rings is 2. The van der Waals surface area contributed by atoms with Crippen molar-refractivity contribution in [2.45, 2.75) is 6.54 Å². The molecular formula is C17H13FN2O2S. The van der Waals surface area contributed by atoms with E-state index in [-0.39, 0.29) is 17.7 Å². The van der Waals surface area contributed by atoms with Gasteiger partial charge in [-0.25, -0.2) is 4.39 Å². The van der Waals surface area contributed by atoms with Crippen LogP contribution < -0.4 is 5.73 Å². The van der Waals surface area contributed by atoms with Gasteiger partial charge in [-0.1, -0.05) is 24.3 Å². The van der Waals surface area contributed by atoms with Crippen LogP contribution in [0.1, 0.15) is 11.1 Å². The predicted molar refractivity (Wildman–Crippen MR) is 88.8 cm³/mol. The fraction of sp³-hybridized carbons (Fsp3) is 0.0588. The van der Waals surface area contributed by atoms with Gasteiger partial charge in [-0.15, -0.1) is 0 Å². The van der Waals surface area contributed by atoms with E-state index in [1.54, 1.807) is 42.5 Å². The van der Waals surface area contributed by atoms with Gasteiger partial charge in [0.2, 0.25) is 0 Å². The maximum Gasteiger partial charge on any atom is 0.293 e. The molecule has 116 valence electrons. The number of nitrogen functional groups attached to an aromatic ring is 1. The van der Waals surface area contributed by atoms with Gasteiger partial charge < -0.3 is 5.73 Å². The van der Waals surface area contributed by atoms with Crippen molar-refractivity contribution in [2.24, 2.45) is 0 Å². The summed E-state index contributed by atoms with van der Waals surface area (Å²) >= 11 is 0.870. The molecule has 1 fully saturated rings. The maximum absolute atomic E-state index is 13.2. The SMILES string of the molecule is Nc1cccc(/C=C2\SC(=O)N(Cc3cccc(F)c3)C2=O)c1. The monoisotopic (exact) mass is 328 g/mol. The number of carbonyl (C=O) groups is 2. The molecule has 1 aliphatic rings. The van der Waals surface area contributed by atoms with E-state index in [4.69, 9.17) is 5.73 Å². The topological polar surface area (TPSA) is 63.4 Å². The first-order valence-corrected chi connectivity index (χ1v) is 7.70. The molecule has 0 aromatic heterocycles. The molecule has 3 rings (SSSR count). The molecule has 2 aromatic carbocycles. The maximum atomic E-state index is 13.2. The van der Waals surface area contributed by atoms with Gasteiger partial charge in [0, 0.05) is 5.69 Å². The average Bonchev–Trinajstić information content (AvgIpc) is 2.75. The number of anilines is 1. The summed E-state index contributed by atoms with van der Waals surface area (Å²) in [7, 11) is 0. The van der Waals surface area contributed by atoms with E-state index in [1.807, 2.05) is 0 Å². The third-order valence-corrected chi connectivity index (χ3v) is 4.22. The molecule has 23 heavy (non-hydrogen) atoms. The van der Waals surface area contributed by atoms with Crippen LogP contribution in [0.4, 0.5) is 14.9 Å². The highest BCUT2D eigenvalue weighted by Crippen LogP contribution is 2.33. The molecule has 0 saturated carbocycles. The Labute approximate surface area is 136 Å². The molecule has 0 spiro atoms. The number of imide groups is 1. The van der Waals surface area contributed by atoms with Gasteiger partial charge in [0.1, 0.15) is 5.82 Å². The van der Waals surface area contributed by atoms with Crippen LogP contribution in [0, 0.1) is 5.82 Å². The van der Waals surface area contributed by atoms with Crippen LogP contribution in [-0.4, -0.2) is 16.0 Å². The second kappa shape index (κ2) is 6.26. The molecule has 6 heteroatoms. The number of hydrogen-bond donors (Lipinski definition) is 1. The second-order valence-electron chi connectivity index (χ2n) is 5.07. The average molecular weight is 328 g/mol. The number of nitrogens with zero attached hydrogens (tertiary/aromatic N) is 1. The minimum Gasteiger partial charge on any atom is -0.399 e. The highest BCUT2D eigenvalue weighted by molar-refractivity contribution is 8.18. The molecule has 1 aliphatic heterocycles. The molecule has 0 radical (unpaired) electrons. The zero-order valence-electron chi connectivity index (χ0n) is 12.0. The summed E-state index contributed by atoms with van der Waals surface area (Å²) in [4.78, 5) is 25.9. The first-order valence-electron chi connectivity index (χ1n) is 6.88. The quantitative estimate of drug-likeness (QED) is 0.690. The van der Waals surface area contributed by atoms with Crippen molar-refractivity contribution < 1.29 is 14.0 Å². The summed E-state index contributed by atoms with van der Waals surface area (Å²) in [6.45, 7) is 0.0523. The first-order chi connectivity index (χ1) is 11.0. The lowest BCUT2D eigenvalue weighted by Gasteiger charge is -2.12. The molecule has 0 atom stereocenters. The lowest BCUT2D eigenvalue weighted by atomic mass is 10.2. The van der Waals surface area contributed by atoms with Crippen molar-refractivity contribution >= 4 is 34.7 Å². The van der Waals surface area contributed by atoms with Gasteiger partial charge >= 0.3 is 0 Å². The molecule has 0 aliphatic carbocycles. The van der Waals surface area contributed by atoms with E-state index in [9.17, 15) is 14.0 Å². The van der Waals surface area contributed by atoms with Crippen molar-refractivity contribution in [3.05, 3.63) is 70.4 Å². The Kier molecular flexibility index (Phi) is 4.16. The molecule has 2 aromatic rings. The smallest absolute Gasteiger partial charge is 0.293 e. The summed E-state index contributed by atoms with van der Waals surface area (Å²) in [5.41, 5.74) is 7.60. The van der Waals surface area contributed by atoms with Gasteiger partial charge in [0.15, 0.2) is 0 Å². The van der Waals surface area contributed by atoms with Gasteiger partial charge in [-0.2, -0.15) is 0 Å². The summed E-state index contributed by atoms with van der Waals surface area (Å²) in [6, 6.07) is 12.9. The largest absolute Gasteiger partial charge is 0.399 e. The lowest BCUT2D eigenvalue weighted by Crippen LogP contribution is -2.27. The van der Waals surface area contributed by atoms with Crippen LogP contribution in [0.25, 0.3) is 6.08 Å². The van der Waals surface area contributed by atoms with Crippen LogP contribution in [0.15, 0.2) is 53.4 Å². The van der Waals surface area contributed by atoms with Crippen molar-refractivity contribution in [3.8, 4) is 0 Å². The number of carbonyl (C=O) groups excluding carboxylic acids is 2. The Hall–Kier alpha value is -2.60. The number of rotatable bonds is 3. The van der Waals surface area contributed by atoms with Crippen molar-refractivity contribution in [1.82, 2.24) is 4.90 Å². The molecule has 2 N–H and O–H groups in total. The van der Waals surface area contributed by atoms with E-state index in [0.29, 0.717) is 16.2 Å². The van der Waals surface area contributed by atoms with Crippen molar-refractivity contribution in [2.75, 3.05) is 5.73 Å². The van der Waals surface area contributed by atoms with Crippen LogP contribution in [-0.2, 0) is 11.3 Å². The van der Waals surface area contributed by atoms with E-state index in [2.05, 4.69) is 0 Å². The molecular weight excluding hydrogens is 315 g/mol. The Balaban J connectivity index is 1.82. The standard InChI is InChI=1S/C17H13FN2O2S/c18-13-5-1-4-12(7-13)10-20-16(21)15(23-17(20)22)9-11-3-2-6-14(19)8-11/h1-9H,10,19H2/b15-9-. The first kappa shape index (κ1) is 15.3. The van der Waals surface area contributed by atoms with Gasteiger partial charge in [-0.05, 0) is 53.2 Å². The second-order valence-corrected chi connectivity index (χ2v) is 6.06. The Morgan fingerprint density at radius 2 is 1.91 bits per heavy atom. The number of halogens is 1. The minimum atomic E-state index is -0.398. The lowest BCUT2D eigenvalue weighted by molar-refractivity contribution is -0.123. The number of thioether (sulfide) groups is 1. The van der Waals surface area contributed by atoms with E-state index in [0.717, 1.165) is 22.2 Å². The summed E-state index contributed by atoms with van der Waals surface area (Å²) in [5, 5.41) is -0.366. The summed E-state index contributed by atoms with van der Waals surface area (Å²) in [5.74, 6) is -0.781. The third kappa shape index (κ3) is 3.43. The Bertz CT molecular complexity index is 820. The summed E-state index contributed by atoms with van der Waals surface area (Å²) < 4.78 is 13.2. The Morgan fingerprint density at radius 1 is 1.13 bits per heavy atom. The van der Waals surface area contributed by atoms with Crippen LogP contribution in [0.2, 0.25) is 0 Å². The predicted octanol–water partition coefficient (Wildman–Crippen LogP) is 3.64. The van der Waals surface area contributed by atoms with Crippen LogP contribution >= 0.6 is 11.8 Å². The normalized spacial score (nSPS) is 16.4. The highest BCUT2D eigenvalue weighted by atomic mass is 32.2. The molecule has 2 amide bonds. The zero-order chi connectivity index (χ0) is 16.4. The van der Waals surface area contributed by atoms with E-state index >= 15 is 0 Å². The van der Waals surface area contributed by atoms with Gasteiger partial charge in [-0.3, -0.25) is 14.5 Å². The molecule has 0 bridgehead atoms. The van der Waals surface area contributed by atoms with Crippen molar-refractivity contribution in [3.63, 3.8) is 0 Å². The highest BCUT2D eigenvalue weighted by Gasteiger charge is 2.34. The van der Waals surface area contributed by atoms with E-state index in [1.165, 1.54) is 12.1 Å². The van der Waals surface area contributed by atoms with Gasteiger partial charge in [0.05, 0.1) is 11.4 Å². The molecule has 4 nitrogen and oxygen atoms in total. The Morgan fingerprint density at radius 3 is 2.65 bits per heavy atom. The number of amides is 2. The zero-order valence-corrected chi connectivity index (χ0v) is 12.8. The number of hydrogen-bond acceptors (Lipinski definition) is 4. The van der Waals surface area contributed by atoms with Crippen LogP contribution in [0.3, 0.4) is 0 Å². The number of nitrogens with two attached hydrogens (primary N) is 1.